The molecule has 0 spiro atoms. The number of methoxy groups -OCH3 is 1. The highest BCUT2D eigenvalue weighted by atomic mass is 16.5. The number of ether oxygens (including phenoxy) is 1. The maximum absolute atomic E-state index is 11.9. The summed E-state index contributed by atoms with van der Waals surface area (Å²) >= 11 is 0. The van der Waals surface area contributed by atoms with Crippen molar-refractivity contribution in [3.63, 3.8) is 0 Å². The van der Waals surface area contributed by atoms with Gasteiger partial charge >= 0.3 is 0 Å². The lowest BCUT2D eigenvalue weighted by Crippen LogP contribution is -2.31. The molecule has 106 valence electrons. The third-order valence-corrected chi connectivity index (χ3v) is 3.71. The maximum atomic E-state index is 11.9. The molecule has 0 radical (unpaired) electrons. The number of nitrogens with two attached hydrogens (primary N) is 1. The van der Waals surface area contributed by atoms with E-state index in [1.807, 2.05) is 6.92 Å². The lowest BCUT2D eigenvalue weighted by Gasteiger charge is -2.21. The van der Waals surface area contributed by atoms with E-state index >= 15 is 0 Å². The first-order chi connectivity index (χ1) is 9.13. The monoisotopic (exact) mass is 265 g/mol. The zero-order valence-corrected chi connectivity index (χ0v) is 11.7. The predicted octanol–water partition coefficient (Wildman–Crippen LogP) is 0.895. The molecule has 0 bridgehead atoms. The Morgan fingerprint density at radius 1 is 1.63 bits per heavy atom. The van der Waals surface area contributed by atoms with E-state index in [0.29, 0.717) is 19.7 Å². The molecule has 0 aliphatic heterocycles. The summed E-state index contributed by atoms with van der Waals surface area (Å²) in [4.78, 5) is 11.9. The molecule has 1 aliphatic carbocycles. The van der Waals surface area contributed by atoms with Crippen LogP contribution in [0.15, 0.2) is 6.07 Å². The van der Waals surface area contributed by atoms with Gasteiger partial charge in [0.2, 0.25) is 5.91 Å². The Balaban J connectivity index is 2.06. The molecule has 1 amide bonds. The molecule has 0 aromatic carbocycles. The molecule has 0 saturated carbocycles. The number of carbonyl (C=O) groups is 1. The molecule has 1 heterocycles. The van der Waals surface area contributed by atoms with E-state index in [1.165, 1.54) is 11.3 Å². The van der Waals surface area contributed by atoms with E-state index in [4.69, 9.17) is 10.5 Å². The molecule has 0 saturated heterocycles. The molecule has 1 aromatic rings. The first kappa shape index (κ1) is 14.1. The fourth-order valence-electron chi connectivity index (χ4n) is 2.71. The topological polar surface area (TPSA) is 69.3 Å². The number of nitrogens with one attached hydrogen (secondary N) is 1. The number of amides is 1. The van der Waals surface area contributed by atoms with Crippen molar-refractivity contribution in [2.45, 2.75) is 38.8 Å². The van der Waals surface area contributed by atoms with Gasteiger partial charge in [-0.1, -0.05) is 0 Å². The van der Waals surface area contributed by atoms with E-state index in [1.54, 1.807) is 7.11 Å². The summed E-state index contributed by atoms with van der Waals surface area (Å²) in [5.41, 5.74) is 9.69. The molecular weight excluding hydrogens is 242 g/mol. The van der Waals surface area contributed by atoms with Gasteiger partial charge in [-0.05, 0) is 37.8 Å². The average molecular weight is 265 g/mol. The quantitative estimate of drug-likeness (QED) is 0.777. The molecule has 5 heteroatoms. The zero-order chi connectivity index (χ0) is 13.8. The van der Waals surface area contributed by atoms with Gasteiger partial charge in [-0.25, -0.2) is 0 Å². The highest BCUT2D eigenvalue weighted by molar-refractivity contribution is 5.76. The fourth-order valence-corrected chi connectivity index (χ4v) is 2.71. The van der Waals surface area contributed by atoms with Gasteiger partial charge in [0.15, 0.2) is 0 Å². The predicted molar refractivity (Wildman–Crippen MR) is 73.9 cm³/mol. The van der Waals surface area contributed by atoms with E-state index in [2.05, 4.69) is 16.0 Å². The summed E-state index contributed by atoms with van der Waals surface area (Å²) in [5.74, 6) is 0.0256. The summed E-state index contributed by atoms with van der Waals surface area (Å²) < 4.78 is 7.01. The zero-order valence-electron chi connectivity index (χ0n) is 11.7. The van der Waals surface area contributed by atoms with Gasteiger partial charge in [0.25, 0.3) is 0 Å². The standard InChI is InChI=1S/C14H23N3O2/c1-10-8-11-12(15)4-3-5-13(11)17(10)9-14(18)16-6-7-19-2/h8,12H,3-7,9,15H2,1-2H3,(H,16,18). The Morgan fingerprint density at radius 2 is 2.42 bits per heavy atom. The lowest BCUT2D eigenvalue weighted by atomic mass is 9.93. The van der Waals surface area contributed by atoms with E-state index in [9.17, 15) is 4.79 Å². The highest BCUT2D eigenvalue weighted by Crippen LogP contribution is 2.30. The maximum Gasteiger partial charge on any atom is 0.240 e. The van der Waals surface area contributed by atoms with Gasteiger partial charge in [-0.3, -0.25) is 4.79 Å². The van der Waals surface area contributed by atoms with Crippen LogP contribution in [-0.4, -0.2) is 30.7 Å². The number of aromatic nitrogens is 1. The van der Waals surface area contributed by atoms with Gasteiger partial charge in [0.1, 0.15) is 6.54 Å². The first-order valence-electron chi connectivity index (χ1n) is 6.83. The van der Waals surface area contributed by atoms with Crippen molar-refractivity contribution < 1.29 is 9.53 Å². The van der Waals surface area contributed by atoms with E-state index < -0.39 is 0 Å². The number of fused-ring (bicyclic) bond motifs is 1. The van der Waals surface area contributed by atoms with Crippen molar-refractivity contribution in [2.75, 3.05) is 20.3 Å². The van der Waals surface area contributed by atoms with Gasteiger partial charge < -0.3 is 20.4 Å². The summed E-state index contributed by atoms with van der Waals surface area (Å²) in [5, 5.41) is 2.85. The molecule has 2 rings (SSSR count). The summed E-state index contributed by atoms with van der Waals surface area (Å²) in [6.45, 7) is 3.50. The van der Waals surface area contributed by atoms with Crippen LogP contribution in [0.25, 0.3) is 0 Å². The van der Waals surface area contributed by atoms with Gasteiger partial charge in [0, 0.05) is 31.1 Å². The van der Waals surface area contributed by atoms with E-state index in [0.717, 1.165) is 25.0 Å². The minimum absolute atomic E-state index is 0.0256. The Kier molecular flexibility index (Phi) is 4.61. The van der Waals surface area contributed by atoms with Crippen molar-refractivity contribution in [3.8, 4) is 0 Å². The average Bonchev–Trinajstić information content (AvgIpc) is 2.69. The van der Waals surface area contributed by atoms with Gasteiger partial charge in [-0.2, -0.15) is 0 Å². The number of hydrogen-bond acceptors (Lipinski definition) is 3. The van der Waals surface area contributed by atoms with Crippen molar-refractivity contribution in [2.24, 2.45) is 5.73 Å². The van der Waals surface area contributed by atoms with Crippen LogP contribution in [0.5, 0.6) is 0 Å². The van der Waals surface area contributed by atoms with Crippen molar-refractivity contribution in [1.82, 2.24) is 9.88 Å². The van der Waals surface area contributed by atoms with Crippen molar-refractivity contribution in [1.29, 1.82) is 0 Å². The molecule has 0 fully saturated rings. The number of rotatable bonds is 5. The second-order valence-electron chi connectivity index (χ2n) is 5.12. The summed E-state index contributed by atoms with van der Waals surface area (Å²) in [6.07, 6.45) is 3.15. The minimum atomic E-state index is 0.0256. The summed E-state index contributed by atoms with van der Waals surface area (Å²) in [6, 6.07) is 2.25. The van der Waals surface area contributed by atoms with Crippen LogP contribution in [0.1, 0.15) is 35.8 Å². The second kappa shape index (κ2) is 6.21. The smallest absolute Gasteiger partial charge is 0.240 e. The van der Waals surface area contributed by atoms with Crippen LogP contribution in [0, 0.1) is 6.92 Å². The van der Waals surface area contributed by atoms with Gasteiger partial charge in [-0.15, -0.1) is 0 Å². The number of hydrogen-bond donors (Lipinski definition) is 2. The van der Waals surface area contributed by atoms with Crippen LogP contribution in [0.2, 0.25) is 0 Å². The molecular formula is C14H23N3O2. The fraction of sp³-hybridized carbons (Fsp3) is 0.643. The van der Waals surface area contributed by atoms with E-state index in [-0.39, 0.29) is 11.9 Å². The van der Waals surface area contributed by atoms with Crippen LogP contribution in [-0.2, 0) is 22.5 Å². The van der Waals surface area contributed by atoms with Crippen LogP contribution >= 0.6 is 0 Å². The molecule has 1 atom stereocenters. The second-order valence-corrected chi connectivity index (χ2v) is 5.12. The third kappa shape index (κ3) is 3.16. The SMILES string of the molecule is COCCNC(=O)Cn1c(C)cc2c1CCCC2N. The molecule has 1 aromatic heterocycles. The van der Waals surface area contributed by atoms with Crippen LogP contribution in [0.4, 0.5) is 0 Å². The van der Waals surface area contributed by atoms with Crippen molar-refractivity contribution in [3.05, 3.63) is 23.0 Å². The largest absolute Gasteiger partial charge is 0.383 e. The first-order valence-corrected chi connectivity index (χ1v) is 6.83. The Morgan fingerprint density at radius 3 is 3.16 bits per heavy atom. The molecule has 19 heavy (non-hydrogen) atoms. The minimum Gasteiger partial charge on any atom is -0.383 e. The molecule has 1 unspecified atom stereocenters. The third-order valence-electron chi connectivity index (χ3n) is 3.71. The Hall–Kier alpha value is -1.33. The van der Waals surface area contributed by atoms with Crippen molar-refractivity contribution >= 4 is 5.91 Å². The number of aryl methyl sites for hydroxylation is 1. The number of carbonyl (C=O) groups excluding carboxylic acids is 1. The van der Waals surface area contributed by atoms with Crippen LogP contribution in [0.3, 0.4) is 0 Å². The molecule has 5 nitrogen and oxygen atoms in total. The van der Waals surface area contributed by atoms with Gasteiger partial charge in [0.05, 0.1) is 6.61 Å². The van der Waals surface area contributed by atoms with Crippen LogP contribution < -0.4 is 11.1 Å². The highest BCUT2D eigenvalue weighted by Gasteiger charge is 2.22. The molecule has 3 N–H and O–H groups in total. The normalized spacial score (nSPS) is 18.2. The molecule has 1 aliphatic rings. The Bertz CT molecular complexity index is 454. The summed E-state index contributed by atoms with van der Waals surface area (Å²) in [7, 11) is 1.63. The Labute approximate surface area is 114 Å². The lowest BCUT2D eigenvalue weighted by molar-refractivity contribution is -0.121. The number of nitrogens with zero attached hydrogens (tertiary/aromatic N) is 1.